The van der Waals surface area contributed by atoms with Gasteiger partial charge in [0.15, 0.2) is 17.5 Å². The minimum absolute atomic E-state index is 0.196. The van der Waals surface area contributed by atoms with Crippen LogP contribution in [0.2, 0.25) is 0 Å². The maximum Gasteiger partial charge on any atom is 0.229 e. The second kappa shape index (κ2) is 7.11. The van der Waals surface area contributed by atoms with Crippen LogP contribution in [0.25, 0.3) is 0 Å². The van der Waals surface area contributed by atoms with Crippen LogP contribution in [0.1, 0.15) is 11.3 Å². The highest BCUT2D eigenvalue weighted by Gasteiger charge is 2.14. The Bertz CT molecular complexity index is 1010. The summed E-state index contributed by atoms with van der Waals surface area (Å²) in [4.78, 5) is 8.38. The average molecular weight is 355 g/mol. The van der Waals surface area contributed by atoms with Crippen LogP contribution in [0.5, 0.6) is 0 Å². The van der Waals surface area contributed by atoms with Gasteiger partial charge in [0.2, 0.25) is 5.95 Å². The molecule has 3 aromatic rings. The molecule has 3 rings (SSSR count). The first-order valence-electron chi connectivity index (χ1n) is 7.49. The molecule has 0 unspecified atom stereocenters. The molecule has 26 heavy (non-hydrogen) atoms. The molecule has 1 heterocycles. The maximum atomic E-state index is 13.8. The SMILES string of the molecule is Cc1cc(Nc2ccc(F)c(F)c2F)nc(Nc2cccc(C#N)c2)n1. The molecule has 0 atom stereocenters. The zero-order valence-electron chi connectivity index (χ0n) is 13.5. The number of anilines is 4. The summed E-state index contributed by atoms with van der Waals surface area (Å²) in [5.74, 6) is -3.77. The minimum atomic E-state index is -1.56. The first-order valence-corrected chi connectivity index (χ1v) is 7.49. The van der Waals surface area contributed by atoms with Gasteiger partial charge in [-0.2, -0.15) is 10.2 Å². The first kappa shape index (κ1) is 17.2. The van der Waals surface area contributed by atoms with Crippen LogP contribution in [0.3, 0.4) is 0 Å². The number of rotatable bonds is 4. The third-order valence-corrected chi connectivity index (χ3v) is 3.40. The summed E-state index contributed by atoms with van der Waals surface area (Å²) < 4.78 is 40.2. The second-order valence-electron chi connectivity index (χ2n) is 5.38. The van der Waals surface area contributed by atoms with E-state index in [0.29, 0.717) is 16.9 Å². The van der Waals surface area contributed by atoms with Crippen molar-refractivity contribution >= 4 is 23.1 Å². The molecular formula is C18H12F3N5. The number of nitrogens with one attached hydrogen (secondary N) is 2. The Morgan fingerprint density at radius 3 is 2.54 bits per heavy atom. The second-order valence-corrected chi connectivity index (χ2v) is 5.38. The van der Waals surface area contributed by atoms with Crippen molar-refractivity contribution in [2.75, 3.05) is 10.6 Å². The van der Waals surface area contributed by atoms with Crippen LogP contribution in [0, 0.1) is 35.7 Å². The molecule has 0 saturated carbocycles. The van der Waals surface area contributed by atoms with Gasteiger partial charge in [-0.15, -0.1) is 0 Å². The molecule has 2 N–H and O–H groups in total. The van der Waals surface area contributed by atoms with E-state index >= 15 is 0 Å². The van der Waals surface area contributed by atoms with E-state index in [1.807, 2.05) is 6.07 Å². The van der Waals surface area contributed by atoms with Gasteiger partial charge in [-0.25, -0.2) is 18.2 Å². The Morgan fingerprint density at radius 2 is 1.77 bits per heavy atom. The van der Waals surface area contributed by atoms with E-state index in [-0.39, 0.29) is 17.5 Å². The zero-order chi connectivity index (χ0) is 18.7. The average Bonchev–Trinajstić information content (AvgIpc) is 2.62. The Kier molecular flexibility index (Phi) is 4.71. The number of nitriles is 1. The fourth-order valence-corrected chi connectivity index (χ4v) is 2.24. The molecular weight excluding hydrogens is 343 g/mol. The highest BCUT2D eigenvalue weighted by Crippen LogP contribution is 2.24. The first-order chi connectivity index (χ1) is 12.5. The lowest BCUT2D eigenvalue weighted by Gasteiger charge is -2.11. The highest BCUT2D eigenvalue weighted by molar-refractivity contribution is 5.61. The van der Waals surface area contributed by atoms with Crippen LogP contribution in [0.4, 0.5) is 36.3 Å². The van der Waals surface area contributed by atoms with Gasteiger partial charge in [0.1, 0.15) is 5.82 Å². The van der Waals surface area contributed by atoms with Gasteiger partial charge in [-0.1, -0.05) is 6.07 Å². The van der Waals surface area contributed by atoms with Gasteiger partial charge in [-0.05, 0) is 37.3 Å². The zero-order valence-corrected chi connectivity index (χ0v) is 13.5. The molecule has 0 radical (unpaired) electrons. The van der Waals surface area contributed by atoms with E-state index < -0.39 is 17.5 Å². The standard InChI is InChI=1S/C18H12F3N5/c1-10-7-15(25-14-6-5-13(19)16(20)17(14)21)26-18(23-10)24-12-4-2-3-11(8-12)9-22/h2-8H,1H3,(H2,23,24,25,26). The molecule has 0 amide bonds. The van der Waals surface area contributed by atoms with Crippen LogP contribution in [0.15, 0.2) is 42.5 Å². The number of hydrogen-bond acceptors (Lipinski definition) is 5. The normalized spacial score (nSPS) is 10.3. The fraction of sp³-hybridized carbons (Fsp3) is 0.0556. The van der Waals surface area contributed by atoms with E-state index in [9.17, 15) is 13.2 Å². The highest BCUT2D eigenvalue weighted by atomic mass is 19.2. The van der Waals surface area contributed by atoms with E-state index in [1.165, 1.54) is 6.07 Å². The summed E-state index contributed by atoms with van der Waals surface area (Å²) in [6.07, 6.45) is 0. The molecule has 0 aliphatic carbocycles. The summed E-state index contributed by atoms with van der Waals surface area (Å²) in [7, 11) is 0. The van der Waals surface area contributed by atoms with E-state index in [2.05, 4.69) is 20.6 Å². The third kappa shape index (κ3) is 3.72. The van der Waals surface area contributed by atoms with Crippen molar-refractivity contribution in [2.45, 2.75) is 6.92 Å². The summed E-state index contributed by atoms with van der Waals surface area (Å²) in [6.45, 7) is 1.70. The van der Waals surface area contributed by atoms with Gasteiger partial charge < -0.3 is 10.6 Å². The molecule has 2 aromatic carbocycles. The monoisotopic (exact) mass is 355 g/mol. The third-order valence-electron chi connectivity index (χ3n) is 3.40. The number of benzene rings is 2. The van der Waals surface area contributed by atoms with Crippen molar-refractivity contribution in [3.05, 3.63) is 71.2 Å². The number of halogens is 3. The molecule has 130 valence electrons. The van der Waals surface area contributed by atoms with Crippen molar-refractivity contribution < 1.29 is 13.2 Å². The molecule has 0 spiro atoms. The smallest absolute Gasteiger partial charge is 0.229 e. The summed E-state index contributed by atoms with van der Waals surface area (Å²) in [5, 5.41) is 14.5. The lowest BCUT2D eigenvalue weighted by Crippen LogP contribution is -2.04. The summed E-state index contributed by atoms with van der Waals surface area (Å²) >= 11 is 0. The van der Waals surface area contributed by atoms with Gasteiger partial charge >= 0.3 is 0 Å². The predicted molar refractivity (Wildman–Crippen MR) is 90.8 cm³/mol. The molecule has 0 aliphatic rings. The van der Waals surface area contributed by atoms with Gasteiger partial charge in [-0.3, -0.25) is 0 Å². The van der Waals surface area contributed by atoms with Crippen LogP contribution >= 0.6 is 0 Å². The molecule has 8 heteroatoms. The molecule has 0 saturated heterocycles. The molecule has 5 nitrogen and oxygen atoms in total. The lowest BCUT2D eigenvalue weighted by atomic mass is 10.2. The van der Waals surface area contributed by atoms with E-state index in [4.69, 9.17) is 5.26 Å². The number of aryl methyl sites for hydroxylation is 1. The van der Waals surface area contributed by atoms with Gasteiger partial charge in [0, 0.05) is 17.4 Å². The Balaban J connectivity index is 1.88. The van der Waals surface area contributed by atoms with Crippen molar-refractivity contribution in [1.29, 1.82) is 5.26 Å². The van der Waals surface area contributed by atoms with Gasteiger partial charge in [0.25, 0.3) is 0 Å². The Labute approximate surface area is 147 Å². The predicted octanol–water partition coefficient (Wildman–Crippen LogP) is 4.56. The maximum absolute atomic E-state index is 13.8. The van der Waals surface area contributed by atoms with E-state index in [0.717, 1.165) is 12.1 Å². The number of hydrogen-bond donors (Lipinski definition) is 2. The fourth-order valence-electron chi connectivity index (χ4n) is 2.24. The van der Waals surface area contributed by atoms with Crippen LogP contribution in [-0.2, 0) is 0 Å². The van der Waals surface area contributed by atoms with Crippen molar-refractivity contribution in [2.24, 2.45) is 0 Å². The Morgan fingerprint density at radius 1 is 0.962 bits per heavy atom. The largest absolute Gasteiger partial charge is 0.338 e. The molecule has 0 aliphatic heterocycles. The molecule has 1 aromatic heterocycles. The summed E-state index contributed by atoms with van der Waals surface area (Å²) in [5.41, 5.74) is 1.37. The quantitative estimate of drug-likeness (QED) is 0.671. The van der Waals surface area contributed by atoms with Crippen molar-refractivity contribution in [1.82, 2.24) is 9.97 Å². The number of aromatic nitrogens is 2. The molecule has 0 bridgehead atoms. The summed E-state index contributed by atoms with van der Waals surface area (Å²) in [6, 6.07) is 12.2. The lowest BCUT2D eigenvalue weighted by molar-refractivity contribution is 0.449. The Hall–Kier alpha value is -3.60. The van der Waals surface area contributed by atoms with Gasteiger partial charge in [0.05, 0.1) is 17.3 Å². The van der Waals surface area contributed by atoms with Crippen LogP contribution < -0.4 is 10.6 Å². The van der Waals surface area contributed by atoms with Crippen LogP contribution in [-0.4, -0.2) is 9.97 Å². The van der Waals surface area contributed by atoms with E-state index in [1.54, 1.807) is 31.2 Å². The van der Waals surface area contributed by atoms with Crippen molar-refractivity contribution in [3.63, 3.8) is 0 Å². The minimum Gasteiger partial charge on any atom is -0.338 e. The molecule has 0 fully saturated rings. The number of nitrogens with zero attached hydrogens (tertiary/aromatic N) is 3. The topological polar surface area (TPSA) is 73.6 Å². The van der Waals surface area contributed by atoms with Crippen molar-refractivity contribution in [3.8, 4) is 6.07 Å².